The lowest BCUT2D eigenvalue weighted by atomic mass is 9.92. The summed E-state index contributed by atoms with van der Waals surface area (Å²) in [5, 5.41) is 3.57. The van der Waals surface area contributed by atoms with Crippen LogP contribution < -0.4 is 10.1 Å². The van der Waals surface area contributed by atoms with Crippen molar-refractivity contribution in [3.8, 4) is 5.75 Å². The first kappa shape index (κ1) is 13.7. The minimum absolute atomic E-state index is 0.303. The summed E-state index contributed by atoms with van der Waals surface area (Å²) in [5.74, 6) is 0.866. The second-order valence-electron chi connectivity index (χ2n) is 4.66. The predicted molar refractivity (Wildman–Crippen MR) is 77.4 cm³/mol. The summed E-state index contributed by atoms with van der Waals surface area (Å²) in [6, 6.07) is 6.35. The molecule has 1 fully saturated rings. The maximum atomic E-state index is 5.56. The SMILES string of the molecule is COc1ccc(Br)c(NC2CCCCC2OC)c1. The van der Waals surface area contributed by atoms with Crippen molar-refractivity contribution in [1.29, 1.82) is 0 Å². The molecular formula is C14H20BrNO2. The first-order chi connectivity index (χ1) is 8.74. The Bertz CT molecular complexity index is 397. The van der Waals surface area contributed by atoms with Crippen molar-refractivity contribution in [2.24, 2.45) is 0 Å². The Balaban J connectivity index is 2.11. The van der Waals surface area contributed by atoms with E-state index >= 15 is 0 Å². The van der Waals surface area contributed by atoms with Gasteiger partial charge >= 0.3 is 0 Å². The zero-order valence-corrected chi connectivity index (χ0v) is 12.5. The highest BCUT2D eigenvalue weighted by Gasteiger charge is 2.25. The zero-order chi connectivity index (χ0) is 13.0. The van der Waals surface area contributed by atoms with E-state index in [9.17, 15) is 0 Å². The Morgan fingerprint density at radius 3 is 2.72 bits per heavy atom. The zero-order valence-electron chi connectivity index (χ0n) is 10.9. The van der Waals surface area contributed by atoms with Crippen LogP contribution in [0.4, 0.5) is 5.69 Å². The summed E-state index contributed by atoms with van der Waals surface area (Å²) < 4.78 is 11.9. The summed E-state index contributed by atoms with van der Waals surface area (Å²) >= 11 is 3.57. The third kappa shape index (κ3) is 3.18. The van der Waals surface area contributed by atoms with E-state index in [2.05, 4.69) is 21.2 Å². The molecule has 1 aliphatic rings. The van der Waals surface area contributed by atoms with Crippen molar-refractivity contribution in [2.45, 2.75) is 37.8 Å². The highest BCUT2D eigenvalue weighted by atomic mass is 79.9. The lowest BCUT2D eigenvalue weighted by molar-refractivity contribution is 0.0606. The summed E-state index contributed by atoms with van der Waals surface area (Å²) in [6.45, 7) is 0. The Morgan fingerprint density at radius 1 is 1.22 bits per heavy atom. The predicted octanol–water partition coefficient (Wildman–Crippen LogP) is 3.83. The van der Waals surface area contributed by atoms with Crippen LogP contribution in [0.5, 0.6) is 5.75 Å². The summed E-state index contributed by atoms with van der Waals surface area (Å²) in [7, 11) is 3.48. The van der Waals surface area contributed by atoms with Gasteiger partial charge in [0.1, 0.15) is 5.75 Å². The molecule has 1 aliphatic carbocycles. The van der Waals surface area contributed by atoms with Gasteiger partial charge < -0.3 is 14.8 Å². The van der Waals surface area contributed by atoms with Crippen molar-refractivity contribution in [1.82, 2.24) is 0 Å². The van der Waals surface area contributed by atoms with Crippen molar-refractivity contribution in [2.75, 3.05) is 19.5 Å². The van der Waals surface area contributed by atoms with E-state index in [1.54, 1.807) is 14.2 Å². The standard InChI is InChI=1S/C14H20BrNO2/c1-17-10-7-8-11(15)13(9-10)16-12-5-3-4-6-14(12)18-2/h7-9,12,14,16H,3-6H2,1-2H3. The van der Waals surface area contributed by atoms with Crippen LogP contribution in [0.25, 0.3) is 0 Å². The van der Waals surface area contributed by atoms with Crippen LogP contribution in [0.15, 0.2) is 22.7 Å². The van der Waals surface area contributed by atoms with Gasteiger partial charge in [0.15, 0.2) is 0 Å². The fourth-order valence-electron chi connectivity index (χ4n) is 2.49. The monoisotopic (exact) mass is 313 g/mol. The van der Waals surface area contributed by atoms with Crippen molar-refractivity contribution >= 4 is 21.6 Å². The van der Waals surface area contributed by atoms with E-state index in [1.807, 2.05) is 18.2 Å². The topological polar surface area (TPSA) is 30.5 Å². The van der Waals surface area contributed by atoms with Crippen molar-refractivity contribution in [3.63, 3.8) is 0 Å². The third-order valence-electron chi connectivity index (χ3n) is 3.52. The molecule has 2 rings (SSSR count). The number of rotatable bonds is 4. The highest BCUT2D eigenvalue weighted by Crippen LogP contribution is 2.31. The van der Waals surface area contributed by atoms with Gasteiger partial charge in [0, 0.05) is 17.6 Å². The first-order valence-electron chi connectivity index (χ1n) is 6.37. The molecule has 0 spiro atoms. The summed E-state index contributed by atoms with van der Waals surface area (Å²) in [5.41, 5.74) is 1.07. The molecular weight excluding hydrogens is 294 g/mol. The minimum Gasteiger partial charge on any atom is -0.497 e. The molecule has 1 aromatic rings. The smallest absolute Gasteiger partial charge is 0.121 e. The molecule has 0 amide bonds. The maximum Gasteiger partial charge on any atom is 0.121 e. The summed E-state index contributed by atoms with van der Waals surface area (Å²) in [6.07, 6.45) is 5.12. The molecule has 3 nitrogen and oxygen atoms in total. The molecule has 4 heteroatoms. The van der Waals surface area contributed by atoms with Crippen LogP contribution in [-0.4, -0.2) is 26.4 Å². The van der Waals surface area contributed by atoms with Gasteiger partial charge in [-0.05, 0) is 40.9 Å². The van der Waals surface area contributed by atoms with Gasteiger partial charge in [0.25, 0.3) is 0 Å². The van der Waals surface area contributed by atoms with Gasteiger partial charge in [-0.25, -0.2) is 0 Å². The van der Waals surface area contributed by atoms with Crippen molar-refractivity contribution < 1.29 is 9.47 Å². The van der Waals surface area contributed by atoms with Crippen LogP contribution in [0.3, 0.4) is 0 Å². The molecule has 0 aromatic heterocycles. The average Bonchev–Trinajstić information content (AvgIpc) is 2.42. The van der Waals surface area contributed by atoms with E-state index in [-0.39, 0.29) is 0 Å². The molecule has 0 heterocycles. The molecule has 100 valence electrons. The number of benzene rings is 1. The molecule has 0 aliphatic heterocycles. The number of halogens is 1. The first-order valence-corrected chi connectivity index (χ1v) is 7.16. The van der Waals surface area contributed by atoms with E-state index in [0.717, 1.165) is 28.8 Å². The normalized spacial score (nSPS) is 23.7. The Kier molecular flexibility index (Phi) is 4.89. The fraction of sp³-hybridized carbons (Fsp3) is 0.571. The van der Waals surface area contributed by atoms with Crippen LogP contribution in [0.1, 0.15) is 25.7 Å². The minimum atomic E-state index is 0.303. The van der Waals surface area contributed by atoms with Gasteiger partial charge in [-0.2, -0.15) is 0 Å². The van der Waals surface area contributed by atoms with Crippen LogP contribution in [0.2, 0.25) is 0 Å². The van der Waals surface area contributed by atoms with E-state index in [1.165, 1.54) is 12.8 Å². The number of methoxy groups -OCH3 is 2. The average molecular weight is 314 g/mol. The van der Waals surface area contributed by atoms with E-state index in [0.29, 0.717) is 12.1 Å². The van der Waals surface area contributed by atoms with Gasteiger partial charge in [0.2, 0.25) is 0 Å². The Hall–Kier alpha value is -0.740. The number of ether oxygens (including phenoxy) is 2. The van der Waals surface area contributed by atoms with Crippen LogP contribution in [-0.2, 0) is 4.74 Å². The molecule has 1 saturated carbocycles. The second-order valence-corrected chi connectivity index (χ2v) is 5.51. The number of hydrogen-bond donors (Lipinski definition) is 1. The van der Waals surface area contributed by atoms with Gasteiger partial charge in [-0.3, -0.25) is 0 Å². The molecule has 0 radical (unpaired) electrons. The number of anilines is 1. The van der Waals surface area contributed by atoms with Crippen molar-refractivity contribution in [3.05, 3.63) is 22.7 Å². The largest absolute Gasteiger partial charge is 0.497 e. The molecule has 0 saturated heterocycles. The Morgan fingerprint density at radius 2 is 2.00 bits per heavy atom. The number of nitrogens with one attached hydrogen (secondary N) is 1. The van der Waals surface area contributed by atoms with Gasteiger partial charge in [-0.15, -0.1) is 0 Å². The quantitative estimate of drug-likeness (QED) is 0.916. The molecule has 1 N–H and O–H groups in total. The van der Waals surface area contributed by atoms with E-state index < -0.39 is 0 Å². The second kappa shape index (κ2) is 6.43. The lowest BCUT2D eigenvalue weighted by Gasteiger charge is -2.32. The van der Waals surface area contributed by atoms with Crippen LogP contribution >= 0.6 is 15.9 Å². The molecule has 2 atom stereocenters. The molecule has 0 bridgehead atoms. The molecule has 1 aromatic carbocycles. The molecule has 18 heavy (non-hydrogen) atoms. The van der Waals surface area contributed by atoms with Gasteiger partial charge in [-0.1, -0.05) is 12.8 Å². The van der Waals surface area contributed by atoms with Crippen LogP contribution in [0, 0.1) is 0 Å². The fourth-order valence-corrected chi connectivity index (χ4v) is 2.85. The van der Waals surface area contributed by atoms with Gasteiger partial charge in [0.05, 0.1) is 24.9 Å². The molecule has 2 unspecified atom stereocenters. The summed E-state index contributed by atoms with van der Waals surface area (Å²) in [4.78, 5) is 0. The highest BCUT2D eigenvalue weighted by molar-refractivity contribution is 9.10. The Labute approximate surface area is 117 Å². The van der Waals surface area contributed by atoms with E-state index in [4.69, 9.17) is 9.47 Å². The maximum absolute atomic E-state index is 5.56. The number of hydrogen-bond acceptors (Lipinski definition) is 3. The lowest BCUT2D eigenvalue weighted by Crippen LogP contribution is -2.37. The third-order valence-corrected chi connectivity index (χ3v) is 4.21.